The highest BCUT2D eigenvalue weighted by Gasteiger charge is 2.50. The SMILES string of the molecule is CCS(=O)(=O)N1CCN(C(=O)CN(C)C)[C@@H]2CS(=O)(=O)C[C@@H]21. The van der Waals surface area contributed by atoms with Gasteiger partial charge in [-0.1, -0.05) is 0 Å². The molecule has 22 heavy (non-hydrogen) atoms. The molecule has 0 aromatic carbocycles. The van der Waals surface area contributed by atoms with E-state index in [1.807, 2.05) is 0 Å². The summed E-state index contributed by atoms with van der Waals surface area (Å²) in [5.41, 5.74) is 0. The molecule has 2 saturated heterocycles. The first kappa shape index (κ1) is 17.6. The highest BCUT2D eigenvalue weighted by Crippen LogP contribution is 2.29. The van der Waals surface area contributed by atoms with E-state index in [1.54, 1.807) is 19.0 Å². The summed E-state index contributed by atoms with van der Waals surface area (Å²) < 4.78 is 49.6. The predicted molar refractivity (Wildman–Crippen MR) is 82.7 cm³/mol. The molecule has 2 aliphatic heterocycles. The summed E-state index contributed by atoms with van der Waals surface area (Å²) in [6.07, 6.45) is 0. The maximum absolute atomic E-state index is 12.3. The van der Waals surface area contributed by atoms with Gasteiger partial charge in [0.2, 0.25) is 15.9 Å². The lowest BCUT2D eigenvalue weighted by molar-refractivity contribution is -0.136. The average molecular weight is 353 g/mol. The van der Waals surface area contributed by atoms with Gasteiger partial charge >= 0.3 is 0 Å². The Morgan fingerprint density at radius 3 is 2.32 bits per heavy atom. The van der Waals surface area contributed by atoms with Crippen molar-refractivity contribution in [3.8, 4) is 0 Å². The number of amides is 1. The average Bonchev–Trinajstić information content (AvgIpc) is 2.70. The number of piperazine rings is 1. The summed E-state index contributed by atoms with van der Waals surface area (Å²) in [6, 6.07) is -1.23. The Balaban J connectivity index is 2.30. The lowest BCUT2D eigenvalue weighted by Gasteiger charge is -2.43. The van der Waals surface area contributed by atoms with E-state index in [2.05, 4.69) is 0 Å². The minimum Gasteiger partial charge on any atom is -0.335 e. The molecule has 0 N–H and O–H groups in total. The Kier molecular flexibility index (Phi) is 4.86. The van der Waals surface area contributed by atoms with Gasteiger partial charge in [0.05, 0.1) is 35.9 Å². The monoisotopic (exact) mass is 353 g/mol. The van der Waals surface area contributed by atoms with Crippen molar-refractivity contribution >= 4 is 25.8 Å². The summed E-state index contributed by atoms with van der Waals surface area (Å²) in [5.74, 6) is -0.595. The van der Waals surface area contributed by atoms with E-state index in [0.717, 1.165) is 0 Å². The number of carbonyl (C=O) groups is 1. The Morgan fingerprint density at radius 2 is 1.77 bits per heavy atom. The normalized spacial score (nSPS) is 28.8. The van der Waals surface area contributed by atoms with Crippen LogP contribution in [0.3, 0.4) is 0 Å². The molecule has 0 aliphatic carbocycles. The van der Waals surface area contributed by atoms with E-state index >= 15 is 0 Å². The Morgan fingerprint density at radius 1 is 1.18 bits per heavy atom. The second kappa shape index (κ2) is 6.06. The fourth-order valence-corrected chi connectivity index (χ4v) is 6.50. The zero-order valence-corrected chi connectivity index (χ0v) is 14.7. The molecule has 0 unspecified atom stereocenters. The molecule has 0 spiro atoms. The minimum atomic E-state index is -3.48. The third-order valence-corrected chi connectivity index (χ3v) is 7.72. The number of carbonyl (C=O) groups excluding carboxylic acids is 1. The van der Waals surface area contributed by atoms with E-state index < -0.39 is 31.9 Å². The molecule has 0 aromatic heterocycles. The number of nitrogens with zero attached hydrogens (tertiary/aromatic N) is 3. The second-order valence-corrected chi connectivity index (χ2v) is 10.4. The van der Waals surface area contributed by atoms with Crippen molar-refractivity contribution in [3.05, 3.63) is 0 Å². The van der Waals surface area contributed by atoms with Crippen LogP contribution in [-0.4, -0.2) is 99.9 Å². The summed E-state index contributed by atoms with van der Waals surface area (Å²) >= 11 is 0. The summed E-state index contributed by atoms with van der Waals surface area (Å²) in [5, 5.41) is 0. The van der Waals surface area contributed by atoms with Gasteiger partial charge in [-0.3, -0.25) is 4.79 Å². The molecule has 0 radical (unpaired) electrons. The van der Waals surface area contributed by atoms with Gasteiger partial charge in [-0.15, -0.1) is 0 Å². The number of sulfone groups is 1. The molecular formula is C12H23N3O5S2. The van der Waals surface area contributed by atoms with Gasteiger partial charge in [0.15, 0.2) is 9.84 Å². The summed E-state index contributed by atoms with van der Waals surface area (Å²) in [4.78, 5) is 15.6. The maximum Gasteiger partial charge on any atom is 0.237 e. The molecule has 2 fully saturated rings. The molecule has 1 amide bonds. The standard InChI is InChI=1S/C12H23N3O5S2/c1-4-22(19,20)15-6-5-14(12(16)7-13(2)3)10-8-21(17,18)9-11(10)15/h10-11H,4-9H2,1-3H3/t10-,11+/m1/s1. The van der Waals surface area contributed by atoms with Gasteiger partial charge in [-0.05, 0) is 21.0 Å². The Labute approximate surface area is 132 Å². The van der Waals surface area contributed by atoms with Gasteiger partial charge in [-0.2, -0.15) is 4.31 Å². The molecule has 2 aliphatic rings. The maximum atomic E-state index is 12.3. The number of hydrogen-bond acceptors (Lipinski definition) is 6. The van der Waals surface area contributed by atoms with Crippen LogP contribution >= 0.6 is 0 Å². The highest BCUT2D eigenvalue weighted by molar-refractivity contribution is 7.92. The zero-order valence-electron chi connectivity index (χ0n) is 13.1. The van der Waals surface area contributed by atoms with E-state index in [9.17, 15) is 21.6 Å². The number of hydrogen-bond donors (Lipinski definition) is 0. The van der Waals surface area contributed by atoms with Crippen molar-refractivity contribution in [2.24, 2.45) is 0 Å². The van der Waals surface area contributed by atoms with Crippen molar-refractivity contribution in [1.29, 1.82) is 0 Å². The van der Waals surface area contributed by atoms with Crippen LogP contribution in [0, 0.1) is 0 Å². The van der Waals surface area contributed by atoms with E-state index in [4.69, 9.17) is 0 Å². The lowest BCUT2D eigenvalue weighted by Crippen LogP contribution is -2.62. The summed E-state index contributed by atoms with van der Waals surface area (Å²) in [7, 11) is -3.29. The van der Waals surface area contributed by atoms with Gasteiger partial charge in [-0.25, -0.2) is 16.8 Å². The first-order valence-corrected chi connectivity index (χ1v) is 10.6. The van der Waals surface area contributed by atoms with Crippen molar-refractivity contribution in [1.82, 2.24) is 14.1 Å². The van der Waals surface area contributed by atoms with Crippen LogP contribution in [0.25, 0.3) is 0 Å². The number of fused-ring (bicyclic) bond motifs is 1. The van der Waals surface area contributed by atoms with Crippen molar-refractivity contribution in [2.45, 2.75) is 19.0 Å². The first-order valence-electron chi connectivity index (χ1n) is 7.21. The molecule has 0 bridgehead atoms. The fraction of sp³-hybridized carbons (Fsp3) is 0.917. The molecule has 2 rings (SSSR count). The third-order valence-electron chi connectivity index (χ3n) is 4.12. The lowest BCUT2D eigenvalue weighted by atomic mass is 10.1. The number of rotatable bonds is 4. The zero-order chi connectivity index (χ0) is 16.7. The Hall–Kier alpha value is -0.710. The quantitative estimate of drug-likeness (QED) is 0.592. The predicted octanol–water partition coefficient (Wildman–Crippen LogP) is -1.79. The molecule has 128 valence electrons. The van der Waals surface area contributed by atoms with Crippen LogP contribution in [0.2, 0.25) is 0 Å². The molecule has 0 aromatic rings. The van der Waals surface area contributed by atoms with Gasteiger partial charge in [0.25, 0.3) is 0 Å². The van der Waals surface area contributed by atoms with E-state index in [1.165, 1.54) is 16.1 Å². The topological polar surface area (TPSA) is 95.1 Å². The van der Waals surface area contributed by atoms with Crippen LogP contribution < -0.4 is 0 Å². The molecule has 0 saturated carbocycles. The van der Waals surface area contributed by atoms with Crippen LogP contribution in [0.1, 0.15) is 6.92 Å². The molecule has 8 nitrogen and oxygen atoms in total. The minimum absolute atomic E-state index is 0.0675. The van der Waals surface area contributed by atoms with Crippen molar-refractivity contribution < 1.29 is 21.6 Å². The van der Waals surface area contributed by atoms with Gasteiger partial charge in [0, 0.05) is 13.1 Å². The third kappa shape index (κ3) is 3.44. The van der Waals surface area contributed by atoms with Crippen molar-refractivity contribution in [3.63, 3.8) is 0 Å². The van der Waals surface area contributed by atoms with Crippen molar-refractivity contribution in [2.75, 3.05) is 51.0 Å². The van der Waals surface area contributed by atoms with E-state index in [0.29, 0.717) is 0 Å². The van der Waals surface area contributed by atoms with Crippen LogP contribution in [0.4, 0.5) is 0 Å². The van der Waals surface area contributed by atoms with Crippen LogP contribution in [-0.2, 0) is 24.7 Å². The van der Waals surface area contributed by atoms with Gasteiger partial charge < -0.3 is 9.80 Å². The van der Waals surface area contributed by atoms with Gasteiger partial charge in [0.1, 0.15) is 0 Å². The molecule has 2 heterocycles. The number of likely N-dealkylation sites (N-methyl/N-ethyl adjacent to an activating group) is 1. The van der Waals surface area contributed by atoms with Crippen LogP contribution in [0.15, 0.2) is 0 Å². The van der Waals surface area contributed by atoms with Crippen LogP contribution in [0.5, 0.6) is 0 Å². The molecule has 2 atom stereocenters. The van der Waals surface area contributed by atoms with E-state index in [-0.39, 0.29) is 42.8 Å². The number of sulfonamides is 1. The summed E-state index contributed by atoms with van der Waals surface area (Å²) in [6.45, 7) is 2.12. The highest BCUT2D eigenvalue weighted by atomic mass is 32.2. The molecular weight excluding hydrogens is 330 g/mol. The largest absolute Gasteiger partial charge is 0.335 e. The second-order valence-electron chi connectivity index (χ2n) is 6.05. The first-order chi connectivity index (χ1) is 10.1. The smallest absolute Gasteiger partial charge is 0.237 e. The Bertz CT molecular complexity index is 644. The fourth-order valence-electron chi connectivity index (χ4n) is 3.10. The molecule has 10 heteroatoms.